The summed E-state index contributed by atoms with van der Waals surface area (Å²) in [6.45, 7) is 14.1. The normalized spacial score (nSPS) is 15.2. The Kier molecular flexibility index (Phi) is 11.0. The zero-order chi connectivity index (χ0) is 24.3. The van der Waals surface area contributed by atoms with E-state index in [1.807, 2.05) is 51.1 Å². The second-order valence-electron chi connectivity index (χ2n) is 7.42. The lowest BCUT2D eigenvalue weighted by molar-refractivity contribution is -0.159. The third kappa shape index (κ3) is 7.76. The number of aliphatic imine (C=N–C) groups is 1. The first-order chi connectivity index (χ1) is 15.2. The van der Waals surface area contributed by atoms with Crippen molar-refractivity contribution in [1.82, 2.24) is 5.32 Å². The Balaban J connectivity index is 2.87. The number of rotatable bonds is 12. The number of aliphatic hydroxyl groups is 1. The van der Waals surface area contributed by atoms with Crippen LogP contribution in [0.1, 0.15) is 41.5 Å². The molecule has 1 amide bonds. The van der Waals surface area contributed by atoms with Gasteiger partial charge < -0.3 is 24.6 Å². The molecule has 2 N–H and O–H groups in total. The molecule has 1 aromatic rings. The molecule has 8 heteroatoms. The number of nitrogens with zero attached hydrogens (tertiary/aromatic N) is 1. The van der Waals surface area contributed by atoms with Gasteiger partial charge >= 0.3 is 5.97 Å². The molecular formula is C24H34N2O6. The van der Waals surface area contributed by atoms with Crippen LogP contribution in [-0.4, -0.2) is 48.6 Å². The molecule has 32 heavy (non-hydrogen) atoms. The highest BCUT2D eigenvalue weighted by molar-refractivity contribution is 5.97. The summed E-state index contributed by atoms with van der Waals surface area (Å²) in [5.41, 5.74) is -0.354. The summed E-state index contributed by atoms with van der Waals surface area (Å²) < 4.78 is 16.8. The molecule has 0 aliphatic carbocycles. The van der Waals surface area contributed by atoms with E-state index in [0.29, 0.717) is 12.4 Å². The second kappa shape index (κ2) is 13.2. The van der Waals surface area contributed by atoms with Crippen molar-refractivity contribution in [1.29, 1.82) is 0 Å². The Labute approximate surface area is 190 Å². The Morgan fingerprint density at radius 3 is 2.31 bits per heavy atom. The van der Waals surface area contributed by atoms with Crippen molar-refractivity contribution in [3.63, 3.8) is 0 Å². The number of aliphatic hydroxyl groups excluding tert-OH is 1. The fraction of sp³-hybridized carbons (Fsp3) is 0.458. The van der Waals surface area contributed by atoms with E-state index >= 15 is 0 Å². The number of amides is 1. The Hall–Kier alpha value is -3.29. The minimum Gasteiger partial charge on any atom is -0.503 e. The molecule has 0 saturated heterocycles. The van der Waals surface area contributed by atoms with E-state index in [0.717, 1.165) is 0 Å². The number of allylic oxidation sites excluding steroid dienone is 1. The van der Waals surface area contributed by atoms with Crippen molar-refractivity contribution in [2.75, 3.05) is 6.61 Å². The van der Waals surface area contributed by atoms with E-state index in [1.165, 1.54) is 13.0 Å². The Bertz CT molecular complexity index is 832. The monoisotopic (exact) mass is 446 g/mol. The quantitative estimate of drug-likeness (QED) is 0.166. The van der Waals surface area contributed by atoms with Gasteiger partial charge in [0.2, 0.25) is 0 Å². The minimum atomic E-state index is -1.00. The van der Waals surface area contributed by atoms with Crippen molar-refractivity contribution < 1.29 is 28.9 Å². The molecular weight excluding hydrogens is 412 g/mol. The summed E-state index contributed by atoms with van der Waals surface area (Å²) in [6.07, 6.45) is 0.536. The van der Waals surface area contributed by atoms with Crippen molar-refractivity contribution in [3.05, 3.63) is 53.6 Å². The lowest BCUT2D eigenvalue weighted by Gasteiger charge is -2.29. The molecule has 0 heterocycles. The van der Waals surface area contributed by atoms with Crippen molar-refractivity contribution in [2.45, 2.75) is 59.8 Å². The van der Waals surface area contributed by atoms with E-state index in [4.69, 9.17) is 14.2 Å². The molecule has 1 aromatic carbocycles. The van der Waals surface area contributed by atoms with Crippen LogP contribution in [0.5, 0.6) is 5.75 Å². The van der Waals surface area contributed by atoms with Gasteiger partial charge in [-0.15, -0.1) is 0 Å². The zero-order valence-corrected chi connectivity index (χ0v) is 19.6. The lowest BCUT2D eigenvalue weighted by Crippen LogP contribution is -2.45. The van der Waals surface area contributed by atoms with Crippen molar-refractivity contribution in [3.8, 4) is 5.75 Å². The summed E-state index contributed by atoms with van der Waals surface area (Å²) in [7, 11) is 0. The van der Waals surface area contributed by atoms with Gasteiger partial charge in [0.05, 0.1) is 6.61 Å². The number of esters is 1. The van der Waals surface area contributed by atoms with Gasteiger partial charge in [0.1, 0.15) is 24.0 Å². The van der Waals surface area contributed by atoms with E-state index in [1.54, 1.807) is 13.8 Å². The summed E-state index contributed by atoms with van der Waals surface area (Å²) >= 11 is 0. The number of benzene rings is 1. The van der Waals surface area contributed by atoms with E-state index in [2.05, 4.69) is 17.0 Å². The number of carbonyl (C=O) groups is 2. The number of hydrogen-bond acceptors (Lipinski definition) is 7. The van der Waals surface area contributed by atoms with Crippen LogP contribution in [0.25, 0.3) is 0 Å². The van der Waals surface area contributed by atoms with Crippen LogP contribution in [0.15, 0.2) is 58.6 Å². The lowest BCUT2D eigenvalue weighted by atomic mass is 10.0. The zero-order valence-electron chi connectivity index (χ0n) is 19.6. The maximum absolute atomic E-state index is 12.7. The third-order valence-corrected chi connectivity index (χ3v) is 4.53. The average molecular weight is 447 g/mol. The summed E-state index contributed by atoms with van der Waals surface area (Å²) in [6, 6.07) is 8.24. The van der Waals surface area contributed by atoms with Gasteiger partial charge in [-0.3, -0.25) is 9.79 Å². The molecule has 0 saturated carbocycles. The molecule has 176 valence electrons. The number of nitrogens with one attached hydrogen (secondary N) is 1. The van der Waals surface area contributed by atoms with E-state index in [9.17, 15) is 14.7 Å². The maximum atomic E-state index is 12.7. The Morgan fingerprint density at radius 1 is 1.19 bits per heavy atom. The van der Waals surface area contributed by atoms with Crippen LogP contribution in [-0.2, 0) is 19.1 Å². The predicted octanol–water partition coefficient (Wildman–Crippen LogP) is 3.94. The van der Waals surface area contributed by atoms with Gasteiger partial charge in [-0.1, -0.05) is 32.0 Å². The van der Waals surface area contributed by atoms with Gasteiger partial charge in [0.25, 0.3) is 5.91 Å². The van der Waals surface area contributed by atoms with Crippen LogP contribution in [0, 0.1) is 5.92 Å². The third-order valence-electron chi connectivity index (χ3n) is 4.53. The van der Waals surface area contributed by atoms with E-state index < -0.39 is 35.9 Å². The molecule has 0 unspecified atom stereocenters. The predicted molar refractivity (Wildman–Crippen MR) is 123 cm³/mol. The van der Waals surface area contributed by atoms with Gasteiger partial charge in [-0.2, -0.15) is 0 Å². The molecule has 0 radical (unpaired) electrons. The van der Waals surface area contributed by atoms with Crippen molar-refractivity contribution in [2.24, 2.45) is 10.9 Å². The van der Waals surface area contributed by atoms with Gasteiger partial charge in [0, 0.05) is 0 Å². The van der Waals surface area contributed by atoms with Gasteiger partial charge in [-0.05, 0) is 58.5 Å². The molecule has 0 aliphatic heterocycles. The van der Waals surface area contributed by atoms with E-state index in [-0.39, 0.29) is 17.4 Å². The van der Waals surface area contributed by atoms with Crippen LogP contribution in [0.3, 0.4) is 0 Å². The van der Waals surface area contributed by atoms with Gasteiger partial charge in [-0.25, -0.2) is 4.79 Å². The first kappa shape index (κ1) is 26.7. The maximum Gasteiger partial charge on any atom is 0.328 e. The summed E-state index contributed by atoms with van der Waals surface area (Å²) in [5, 5.41) is 12.8. The van der Waals surface area contributed by atoms with Gasteiger partial charge in [0.15, 0.2) is 17.2 Å². The molecule has 0 aromatic heterocycles. The molecule has 0 fully saturated rings. The largest absolute Gasteiger partial charge is 0.503 e. The Morgan fingerprint density at radius 2 is 1.81 bits per heavy atom. The second-order valence-corrected chi connectivity index (χ2v) is 7.42. The molecule has 3 atom stereocenters. The molecule has 0 spiro atoms. The fourth-order valence-corrected chi connectivity index (χ4v) is 2.93. The SMILES string of the molecule is C=N/C(C(=O)N[C@@H](C)C(=O)O[C@H](C(C)C)[C@H](C)Oc1ccccc1)=C(O)\C(=C/C)OCC. The fourth-order valence-electron chi connectivity index (χ4n) is 2.93. The summed E-state index contributed by atoms with van der Waals surface area (Å²) in [4.78, 5) is 28.8. The molecule has 0 aliphatic rings. The topological polar surface area (TPSA) is 106 Å². The van der Waals surface area contributed by atoms with Crippen LogP contribution < -0.4 is 10.1 Å². The average Bonchev–Trinajstić information content (AvgIpc) is 2.76. The number of para-hydroxylation sites is 1. The standard InChI is InChI=1S/C24H34N2O6/c1-8-19(30-9-2)21(27)20(25-7)23(28)26-16(5)24(29)32-22(15(3)4)17(6)31-18-13-11-10-12-14-18/h8,10-17,22,27H,7,9H2,1-6H3,(H,26,28)/b19-8+,21-20+/t16-,17-,22+/m0/s1. The molecule has 0 bridgehead atoms. The number of carbonyl (C=O) groups excluding carboxylic acids is 2. The van der Waals surface area contributed by atoms with Crippen LogP contribution in [0.2, 0.25) is 0 Å². The molecule has 1 rings (SSSR count). The highest BCUT2D eigenvalue weighted by Crippen LogP contribution is 2.19. The van der Waals surface area contributed by atoms with Crippen molar-refractivity contribution >= 4 is 18.6 Å². The van der Waals surface area contributed by atoms with Crippen LogP contribution >= 0.6 is 0 Å². The highest BCUT2D eigenvalue weighted by atomic mass is 16.6. The number of ether oxygens (including phenoxy) is 3. The first-order valence-electron chi connectivity index (χ1n) is 10.6. The first-order valence-corrected chi connectivity index (χ1v) is 10.6. The number of hydrogen-bond donors (Lipinski definition) is 2. The summed E-state index contributed by atoms with van der Waals surface area (Å²) in [5.74, 6) is -1.16. The minimum absolute atomic E-state index is 0.0293. The smallest absolute Gasteiger partial charge is 0.328 e. The highest BCUT2D eigenvalue weighted by Gasteiger charge is 2.30. The van der Waals surface area contributed by atoms with Crippen LogP contribution in [0.4, 0.5) is 0 Å². The molecule has 8 nitrogen and oxygen atoms in total.